The van der Waals surface area contributed by atoms with Gasteiger partial charge in [-0.3, -0.25) is 0 Å². The molecule has 0 spiro atoms. The SMILES string of the molecule is COc1ccc(CO)cc1S(=O)(=O)N(CC(C)C)C(C)C. The largest absolute Gasteiger partial charge is 0.495 e. The first-order chi connectivity index (χ1) is 9.73. The van der Waals surface area contributed by atoms with E-state index in [9.17, 15) is 13.5 Å². The van der Waals surface area contributed by atoms with Gasteiger partial charge in [-0.2, -0.15) is 4.31 Å². The van der Waals surface area contributed by atoms with Crippen LogP contribution in [0.15, 0.2) is 23.1 Å². The standard InChI is InChI=1S/C15H25NO4S/c1-11(2)9-16(12(3)4)21(18,19)15-8-13(10-17)6-7-14(15)20-5/h6-8,11-12,17H,9-10H2,1-5H3. The molecule has 0 heterocycles. The Kier molecular flexibility index (Phi) is 6.19. The highest BCUT2D eigenvalue weighted by Gasteiger charge is 2.30. The van der Waals surface area contributed by atoms with Crippen LogP contribution in [0.4, 0.5) is 0 Å². The van der Waals surface area contributed by atoms with Crippen molar-refractivity contribution in [1.29, 1.82) is 0 Å². The normalized spacial score (nSPS) is 12.4. The topological polar surface area (TPSA) is 66.8 Å². The Morgan fingerprint density at radius 1 is 1.24 bits per heavy atom. The zero-order valence-electron chi connectivity index (χ0n) is 13.3. The molecule has 5 nitrogen and oxygen atoms in total. The number of ether oxygens (including phenoxy) is 1. The Labute approximate surface area is 127 Å². The molecule has 21 heavy (non-hydrogen) atoms. The third-order valence-corrected chi connectivity index (χ3v) is 5.18. The minimum atomic E-state index is -3.67. The summed E-state index contributed by atoms with van der Waals surface area (Å²) in [7, 11) is -2.23. The van der Waals surface area contributed by atoms with Crippen LogP contribution in [-0.2, 0) is 16.6 Å². The molecule has 0 saturated heterocycles. The summed E-state index contributed by atoms with van der Waals surface area (Å²) in [5.41, 5.74) is 0.544. The number of benzene rings is 1. The van der Waals surface area contributed by atoms with Crippen LogP contribution in [0.1, 0.15) is 33.3 Å². The second-order valence-corrected chi connectivity index (χ2v) is 7.56. The Morgan fingerprint density at radius 2 is 1.86 bits per heavy atom. The van der Waals surface area contributed by atoms with Crippen LogP contribution < -0.4 is 4.74 Å². The van der Waals surface area contributed by atoms with Gasteiger partial charge < -0.3 is 9.84 Å². The summed E-state index contributed by atoms with van der Waals surface area (Å²) < 4.78 is 32.5. The minimum Gasteiger partial charge on any atom is -0.495 e. The number of rotatable bonds is 7. The number of methoxy groups -OCH3 is 1. The molecule has 1 rings (SSSR count). The molecule has 0 saturated carbocycles. The molecule has 0 bridgehead atoms. The van der Waals surface area contributed by atoms with Crippen LogP contribution >= 0.6 is 0 Å². The van der Waals surface area contributed by atoms with E-state index in [2.05, 4.69) is 0 Å². The number of nitrogens with zero attached hydrogens (tertiary/aromatic N) is 1. The molecule has 1 aromatic carbocycles. The number of sulfonamides is 1. The molecule has 0 radical (unpaired) electrons. The lowest BCUT2D eigenvalue weighted by molar-refractivity contribution is 0.281. The third kappa shape index (κ3) is 4.18. The fraction of sp³-hybridized carbons (Fsp3) is 0.600. The van der Waals surface area contributed by atoms with E-state index in [0.29, 0.717) is 17.9 Å². The van der Waals surface area contributed by atoms with Gasteiger partial charge in [0.15, 0.2) is 0 Å². The van der Waals surface area contributed by atoms with Crippen molar-refractivity contribution in [2.24, 2.45) is 5.92 Å². The zero-order valence-corrected chi connectivity index (χ0v) is 14.1. The number of aliphatic hydroxyl groups excluding tert-OH is 1. The number of hydrogen-bond donors (Lipinski definition) is 1. The Bertz CT molecular complexity index is 567. The summed E-state index contributed by atoms with van der Waals surface area (Å²) in [6.07, 6.45) is 0. The van der Waals surface area contributed by atoms with Crippen molar-refractivity contribution < 1.29 is 18.3 Å². The van der Waals surface area contributed by atoms with Crippen LogP contribution in [-0.4, -0.2) is 37.5 Å². The molecule has 0 fully saturated rings. The van der Waals surface area contributed by atoms with E-state index < -0.39 is 10.0 Å². The average molecular weight is 315 g/mol. The molecule has 0 aliphatic rings. The summed E-state index contributed by atoms with van der Waals surface area (Å²) in [6, 6.07) is 4.55. The van der Waals surface area contributed by atoms with E-state index >= 15 is 0 Å². The fourth-order valence-electron chi connectivity index (χ4n) is 2.09. The summed E-state index contributed by atoms with van der Waals surface area (Å²) in [4.78, 5) is 0.103. The second-order valence-electron chi connectivity index (χ2n) is 5.71. The van der Waals surface area contributed by atoms with E-state index in [1.807, 2.05) is 27.7 Å². The van der Waals surface area contributed by atoms with E-state index in [1.54, 1.807) is 12.1 Å². The van der Waals surface area contributed by atoms with E-state index in [-0.39, 0.29) is 23.5 Å². The van der Waals surface area contributed by atoms with Crippen LogP contribution in [0.25, 0.3) is 0 Å². The predicted octanol–water partition coefficient (Wildman–Crippen LogP) is 2.24. The molecule has 1 aromatic rings. The molecule has 0 amide bonds. The molecule has 6 heteroatoms. The second kappa shape index (κ2) is 7.24. The molecule has 0 aliphatic heterocycles. The molecule has 1 N–H and O–H groups in total. The van der Waals surface area contributed by atoms with E-state index in [1.165, 1.54) is 17.5 Å². The third-order valence-electron chi connectivity index (χ3n) is 3.12. The van der Waals surface area contributed by atoms with E-state index in [0.717, 1.165) is 0 Å². The van der Waals surface area contributed by atoms with Crippen LogP contribution in [0.2, 0.25) is 0 Å². The summed E-state index contributed by atoms with van der Waals surface area (Å²) in [6.45, 7) is 7.88. The molecular weight excluding hydrogens is 290 g/mol. The van der Waals surface area contributed by atoms with Gasteiger partial charge in [0.25, 0.3) is 0 Å². The molecule has 0 aromatic heterocycles. The van der Waals surface area contributed by atoms with Crippen molar-refractivity contribution in [3.63, 3.8) is 0 Å². The first kappa shape index (κ1) is 17.9. The van der Waals surface area contributed by atoms with Crippen LogP contribution in [0, 0.1) is 5.92 Å². The molecule has 0 unspecified atom stereocenters. The van der Waals surface area contributed by atoms with Gasteiger partial charge in [0.2, 0.25) is 10.0 Å². The highest BCUT2D eigenvalue weighted by molar-refractivity contribution is 7.89. The van der Waals surface area contributed by atoms with Gasteiger partial charge in [0.05, 0.1) is 13.7 Å². The maximum atomic E-state index is 12.9. The van der Waals surface area contributed by atoms with Gasteiger partial charge >= 0.3 is 0 Å². The maximum absolute atomic E-state index is 12.9. The van der Waals surface area contributed by atoms with Gasteiger partial charge in [-0.25, -0.2) is 8.42 Å². The molecular formula is C15H25NO4S. The van der Waals surface area contributed by atoms with Gasteiger partial charge in [-0.05, 0) is 37.5 Å². The lowest BCUT2D eigenvalue weighted by atomic mass is 10.2. The predicted molar refractivity (Wildman–Crippen MR) is 82.8 cm³/mol. The highest BCUT2D eigenvalue weighted by Crippen LogP contribution is 2.29. The average Bonchev–Trinajstić information content (AvgIpc) is 2.43. The van der Waals surface area contributed by atoms with Gasteiger partial charge in [0.1, 0.15) is 10.6 Å². The number of aliphatic hydroxyl groups is 1. The first-order valence-corrected chi connectivity index (χ1v) is 8.47. The van der Waals surface area contributed by atoms with Gasteiger partial charge in [-0.1, -0.05) is 19.9 Å². The quantitative estimate of drug-likeness (QED) is 0.838. The lowest BCUT2D eigenvalue weighted by Gasteiger charge is -2.28. The van der Waals surface area contributed by atoms with Crippen molar-refractivity contribution in [3.8, 4) is 5.75 Å². The van der Waals surface area contributed by atoms with Crippen molar-refractivity contribution in [3.05, 3.63) is 23.8 Å². The minimum absolute atomic E-state index is 0.103. The maximum Gasteiger partial charge on any atom is 0.247 e. The molecule has 120 valence electrons. The summed E-state index contributed by atoms with van der Waals surface area (Å²) >= 11 is 0. The molecule has 0 atom stereocenters. The van der Waals surface area contributed by atoms with Crippen molar-refractivity contribution in [2.45, 2.75) is 45.2 Å². The Balaban J connectivity index is 3.39. The Morgan fingerprint density at radius 3 is 2.29 bits per heavy atom. The Hall–Kier alpha value is -1.11. The summed E-state index contributed by atoms with van der Waals surface area (Å²) in [5.74, 6) is 0.510. The number of hydrogen-bond acceptors (Lipinski definition) is 4. The fourth-order valence-corrected chi connectivity index (χ4v) is 4.10. The molecule has 0 aliphatic carbocycles. The lowest BCUT2D eigenvalue weighted by Crippen LogP contribution is -2.39. The highest BCUT2D eigenvalue weighted by atomic mass is 32.2. The zero-order chi connectivity index (χ0) is 16.2. The van der Waals surface area contributed by atoms with Gasteiger partial charge in [-0.15, -0.1) is 0 Å². The van der Waals surface area contributed by atoms with Crippen molar-refractivity contribution in [2.75, 3.05) is 13.7 Å². The van der Waals surface area contributed by atoms with Crippen molar-refractivity contribution >= 4 is 10.0 Å². The first-order valence-electron chi connectivity index (χ1n) is 7.03. The monoisotopic (exact) mass is 315 g/mol. The van der Waals surface area contributed by atoms with Crippen LogP contribution in [0.5, 0.6) is 5.75 Å². The van der Waals surface area contributed by atoms with Crippen LogP contribution in [0.3, 0.4) is 0 Å². The summed E-state index contributed by atoms with van der Waals surface area (Å²) in [5, 5.41) is 9.24. The van der Waals surface area contributed by atoms with E-state index in [4.69, 9.17) is 4.74 Å². The smallest absolute Gasteiger partial charge is 0.247 e. The van der Waals surface area contributed by atoms with Gasteiger partial charge in [0, 0.05) is 12.6 Å². The van der Waals surface area contributed by atoms with Crippen molar-refractivity contribution in [1.82, 2.24) is 4.31 Å².